The van der Waals surface area contributed by atoms with E-state index < -0.39 is 10.0 Å². The van der Waals surface area contributed by atoms with Gasteiger partial charge in [-0.1, -0.05) is 18.9 Å². The second-order valence-electron chi connectivity index (χ2n) is 5.32. The number of aryl methyl sites for hydroxylation is 1. The topological polar surface area (TPSA) is 74.3 Å². The van der Waals surface area contributed by atoms with Gasteiger partial charge >= 0.3 is 0 Å². The molecule has 0 bridgehead atoms. The monoisotopic (exact) mass is 294 g/mol. The van der Waals surface area contributed by atoms with Gasteiger partial charge in [-0.15, -0.1) is 0 Å². The van der Waals surface area contributed by atoms with Crippen LogP contribution in [0.1, 0.15) is 19.3 Å². The highest BCUT2D eigenvalue weighted by atomic mass is 32.2. The zero-order valence-electron chi connectivity index (χ0n) is 11.4. The van der Waals surface area contributed by atoms with Crippen molar-refractivity contribution < 1.29 is 13.2 Å². The smallest absolute Gasteiger partial charge is 0.240 e. The van der Waals surface area contributed by atoms with E-state index in [1.165, 1.54) is 20.0 Å². The molecule has 3 rings (SSSR count). The number of rotatable bonds is 5. The first-order valence-corrected chi connectivity index (χ1v) is 8.24. The summed E-state index contributed by atoms with van der Waals surface area (Å²) in [6.45, 7) is 0.809. The molecular weight excluding hydrogens is 276 g/mol. The van der Waals surface area contributed by atoms with Crippen molar-refractivity contribution in [2.24, 2.45) is 11.1 Å². The summed E-state index contributed by atoms with van der Waals surface area (Å²) in [5.74, 6) is 1.33. The van der Waals surface area contributed by atoms with Gasteiger partial charge in [0.05, 0.1) is 18.0 Å². The van der Waals surface area contributed by atoms with Crippen LogP contribution in [0.2, 0.25) is 0 Å². The minimum atomic E-state index is -3.76. The zero-order valence-corrected chi connectivity index (χ0v) is 12.2. The molecule has 1 fully saturated rings. The van der Waals surface area contributed by atoms with Gasteiger partial charge in [0.15, 0.2) is 0 Å². The molecule has 1 aromatic heterocycles. The molecule has 0 saturated heterocycles. The number of hydrogen-bond acceptors (Lipinski definition) is 3. The molecule has 1 aromatic carbocycles. The van der Waals surface area contributed by atoms with Gasteiger partial charge < -0.3 is 9.30 Å². The van der Waals surface area contributed by atoms with Crippen molar-refractivity contribution in [2.45, 2.75) is 30.7 Å². The van der Waals surface area contributed by atoms with Gasteiger partial charge in [-0.05, 0) is 24.5 Å². The summed E-state index contributed by atoms with van der Waals surface area (Å²) in [4.78, 5) is 0.140. The summed E-state index contributed by atoms with van der Waals surface area (Å²) in [5, 5.41) is 5.91. The van der Waals surface area contributed by atoms with Crippen LogP contribution in [-0.2, 0) is 16.6 Å². The molecule has 1 aliphatic carbocycles. The van der Waals surface area contributed by atoms with Gasteiger partial charge in [-0.2, -0.15) is 0 Å². The van der Waals surface area contributed by atoms with E-state index in [0.717, 1.165) is 24.4 Å². The molecule has 0 aliphatic heterocycles. The molecule has 2 aromatic rings. The number of nitrogens with two attached hydrogens (primary N) is 1. The lowest BCUT2D eigenvalue weighted by Crippen LogP contribution is -2.11. The van der Waals surface area contributed by atoms with Crippen molar-refractivity contribution in [3.05, 3.63) is 24.4 Å². The van der Waals surface area contributed by atoms with Crippen LogP contribution >= 0.6 is 0 Å². The molecule has 1 aliphatic rings. The Kier molecular flexibility index (Phi) is 3.22. The van der Waals surface area contributed by atoms with Crippen LogP contribution in [0.4, 0.5) is 0 Å². The summed E-state index contributed by atoms with van der Waals surface area (Å²) < 4.78 is 30.8. The minimum Gasteiger partial charge on any atom is -0.496 e. The van der Waals surface area contributed by atoms with Crippen molar-refractivity contribution >= 4 is 20.9 Å². The van der Waals surface area contributed by atoms with E-state index in [9.17, 15) is 8.42 Å². The standard InChI is InChI=1S/C14H18N2O3S/c1-19-12-4-2-3-11-14(12)13(20(15,17)18)9-16(11)8-7-10-5-6-10/h2-4,9-10H,5-8H2,1H3,(H2,15,17,18). The van der Waals surface area contributed by atoms with E-state index in [1.54, 1.807) is 12.3 Å². The number of aromatic nitrogens is 1. The van der Waals surface area contributed by atoms with Crippen molar-refractivity contribution in [3.63, 3.8) is 0 Å². The second-order valence-corrected chi connectivity index (χ2v) is 6.85. The predicted molar refractivity (Wildman–Crippen MR) is 77.2 cm³/mol. The third-order valence-electron chi connectivity index (χ3n) is 3.83. The maximum Gasteiger partial charge on any atom is 0.240 e. The first-order chi connectivity index (χ1) is 9.50. The largest absolute Gasteiger partial charge is 0.496 e. The third-order valence-corrected chi connectivity index (χ3v) is 4.76. The molecule has 0 radical (unpaired) electrons. The molecule has 6 heteroatoms. The van der Waals surface area contributed by atoms with Crippen LogP contribution in [0, 0.1) is 5.92 Å². The number of sulfonamides is 1. The van der Waals surface area contributed by atoms with Crippen LogP contribution in [-0.4, -0.2) is 20.1 Å². The number of methoxy groups -OCH3 is 1. The fourth-order valence-corrected chi connectivity index (χ4v) is 3.35. The van der Waals surface area contributed by atoms with E-state index in [1.807, 2.05) is 16.7 Å². The Morgan fingerprint density at radius 1 is 1.40 bits per heavy atom. The summed E-state index contributed by atoms with van der Waals surface area (Å²) in [7, 11) is -2.23. The Labute approximate surface area is 118 Å². The molecule has 0 spiro atoms. The predicted octanol–water partition coefficient (Wildman–Crippen LogP) is 2.10. The Bertz CT molecular complexity index is 745. The number of ether oxygens (including phenoxy) is 1. The number of fused-ring (bicyclic) bond motifs is 1. The van der Waals surface area contributed by atoms with Crippen LogP contribution < -0.4 is 9.88 Å². The molecular formula is C14H18N2O3S. The van der Waals surface area contributed by atoms with Crippen molar-refractivity contribution in [1.82, 2.24) is 4.57 Å². The molecule has 20 heavy (non-hydrogen) atoms. The number of benzene rings is 1. The number of primary sulfonamides is 1. The summed E-state index contributed by atoms with van der Waals surface area (Å²) in [5.41, 5.74) is 0.856. The van der Waals surface area contributed by atoms with E-state index in [2.05, 4.69) is 0 Å². The van der Waals surface area contributed by atoms with Gasteiger partial charge in [-0.25, -0.2) is 13.6 Å². The molecule has 0 atom stereocenters. The highest BCUT2D eigenvalue weighted by Crippen LogP contribution is 2.36. The summed E-state index contributed by atoms with van der Waals surface area (Å²) >= 11 is 0. The van der Waals surface area contributed by atoms with Crippen molar-refractivity contribution in [2.75, 3.05) is 7.11 Å². The molecule has 1 saturated carbocycles. The average molecular weight is 294 g/mol. The lowest BCUT2D eigenvalue weighted by Gasteiger charge is -2.06. The fourth-order valence-electron chi connectivity index (χ4n) is 2.58. The van der Waals surface area contributed by atoms with Crippen molar-refractivity contribution in [1.29, 1.82) is 0 Å². The fraction of sp³-hybridized carbons (Fsp3) is 0.429. The molecule has 1 heterocycles. The number of hydrogen-bond donors (Lipinski definition) is 1. The van der Waals surface area contributed by atoms with E-state index in [4.69, 9.17) is 9.88 Å². The first kappa shape index (κ1) is 13.5. The minimum absolute atomic E-state index is 0.140. The maximum absolute atomic E-state index is 11.8. The van der Waals surface area contributed by atoms with Crippen molar-refractivity contribution in [3.8, 4) is 5.75 Å². The molecule has 5 nitrogen and oxygen atoms in total. The van der Waals surface area contributed by atoms with Gasteiger partial charge in [0.2, 0.25) is 10.0 Å². The zero-order chi connectivity index (χ0) is 14.3. The van der Waals surface area contributed by atoms with E-state index in [-0.39, 0.29) is 4.90 Å². The summed E-state index contributed by atoms with van der Waals surface area (Å²) in [6.07, 6.45) is 5.27. The maximum atomic E-state index is 11.8. The normalized spacial score (nSPS) is 15.7. The third kappa shape index (κ3) is 2.41. The van der Waals surface area contributed by atoms with Crippen LogP contribution in [0.15, 0.2) is 29.3 Å². The molecule has 0 unspecified atom stereocenters. The second kappa shape index (κ2) is 4.79. The van der Waals surface area contributed by atoms with Crippen LogP contribution in [0.3, 0.4) is 0 Å². The number of nitrogens with zero attached hydrogens (tertiary/aromatic N) is 1. The van der Waals surface area contributed by atoms with E-state index >= 15 is 0 Å². The van der Waals surface area contributed by atoms with Gasteiger partial charge in [0.25, 0.3) is 0 Å². The van der Waals surface area contributed by atoms with Gasteiger partial charge in [0.1, 0.15) is 10.6 Å². The van der Waals surface area contributed by atoms with Crippen LogP contribution in [0.25, 0.3) is 10.9 Å². The van der Waals surface area contributed by atoms with Gasteiger partial charge in [-0.3, -0.25) is 0 Å². The lowest BCUT2D eigenvalue weighted by molar-refractivity contribution is 0.419. The Hall–Kier alpha value is -1.53. The van der Waals surface area contributed by atoms with Crippen LogP contribution in [0.5, 0.6) is 5.75 Å². The Morgan fingerprint density at radius 3 is 2.75 bits per heavy atom. The average Bonchev–Trinajstić information content (AvgIpc) is 3.14. The highest BCUT2D eigenvalue weighted by molar-refractivity contribution is 7.89. The first-order valence-electron chi connectivity index (χ1n) is 6.69. The van der Waals surface area contributed by atoms with E-state index in [0.29, 0.717) is 11.1 Å². The Morgan fingerprint density at radius 2 is 2.15 bits per heavy atom. The summed E-state index contributed by atoms with van der Waals surface area (Å²) in [6, 6.07) is 5.52. The molecule has 2 N–H and O–H groups in total. The highest BCUT2D eigenvalue weighted by Gasteiger charge is 2.23. The quantitative estimate of drug-likeness (QED) is 0.917. The molecule has 108 valence electrons. The molecule has 0 amide bonds. The van der Waals surface area contributed by atoms with Gasteiger partial charge in [0, 0.05) is 12.7 Å². The lowest BCUT2D eigenvalue weighted by atomic mass is 10.2. The Balaban J connectivity index is 2.15. The SMILES string of the molecule is COc1cccc2c1c(S(N)(=O)=O)cn2CCC1CC1.